The summed E-state index contributed by atoms with van der Waals surface area (Å²) in [5.41, 5.74) is 5.66. The summed E-state index contributed by atoms with van der Waals surface area (Å²) < 4.78 is 5.19. The molecule has 0 saturated heterocycles. The number of aromatic nitrogens is 1. The fourth-order valence-electron chi connectivity index (χ4n) is 2.41. The Hall–Kier alpha value is -2.19. The van der Waals surface area contributed by atoms with Crippen LogP contribution in [0.4, 0.5) is 0 Å². The zero-order valence-corrected chi connectivity index (χ0v) is 11.8. The molecule has 0 spiro atoms. The molecule has 2 aromatic carbocycles. The van der Waals surface area contributed by atoms with Gasteiger partial charge < -0.3 is 4.74 Å². The van der Waals surface area contributed by atoms with Gasteiger partial charge in [0, 0.05) is 18.2 Å². The lowest BCUT2D eigenvalue weighted by Crippen LogP contribution is -1.89. The third-order valence-corrected chi connectivity index (χ3v) is 3.40. The molecule has 0 aliphatic carbocycles. The topological polar surface area (TPSA) is 22.1 Å². The van der Waals surface area contributed by atoms with Crippen LogP contribution in [0, 0.1) is 6.92 Å². The van der Waals surface area contributed by atoms with Crippen molar-refractivity contribution in [1.29, 1.82) is 0 Å². The molecule has 1 aromatic heterocycles. The van der Waals surface area contributed by atoms with Gasteiger partial charge in [0.1, 0.15) is 0 Å². The molecule has 0 saturated carbocycles. The smallest absolute Gasteiger partial charge is 0.0713 e. The fraction of sp³-hybridized carbons (Fsp3) is 0.167. The molecular weight excluding hydrogens is 246 g/mol. The van der Waals surface area contributed by atoms with E-state index in [0.29, 0.717) is 6.61 Å². The SMILES string of the molecule is COCc1cccc(-c2ccc3ccc(C)nc3c2)c1. The molecule has 3 aromatic rings. The number of ether oxygens (including phenoxy) is 1. The Bertz CT molecular complexity index is 749. The second kappa shape index (κ2) is 5.43. The summed E-state index contributed by atoms with van der Waals surface area (Å²) >= 11 is 0. The lowest BCUT2D eigenvalue weighted by Gasteiger charge is -2.07. The number of aryl methyl sites for hydroxylation is 1. The average molecular weight is 263 g/mol. The number of nitrogens with zero attached hydrogens (tertiary/aromatic N) is 1. The Balaban J connectivity index is 2.07. The fourth-order valence-corrected chi connectivity index (χ4v) is 2.41. The molecule has 1 heterocycles. The number of hydrogen-bond donors (Lipinski definition) is 0. The Morgan fingerprint density at radius 3 is 2.60 bits per heavy atom. The van der Waals surface area contributed by atoms with Gasteiger partial charge in [-0.25, -0.2) is 0 Å². The molecule has 20 heavy (non-hydrogen) atoms. The van der Waals surface area contributed by atoms with E-state index in [1.807, 2.05) is 13.0 Å². The van der Waals surface area contributed by atoms with Gasteiger partial charge in [-0.05, 0) is 41.8 Å². The molecule has 0 bridgehead atoms. The highest BCUT2D eigenvalue weighted by Gasteiger charge is 2.02. The Morgan fingerprint density at radius 1 is 0.950 bits per heavy atom. The third-order valence-electron chi connectivity index (χ3n) is 3.40. The molecule has 0 radical (unpaired) electrons. The summed E-state index contributed by atoms with van der Waals surface area (Å²) in [6.45, 7) is 2.66. The molecule has 3 rings (SSSR count). The number of fused-ring (bicyclic) bond motifs is 1. The summed E-state index contributed by atoms with van der Waals surface area (Å²) in [6.07, 6.45) is 0. The molecule has 0 unspecified atom stereocenters. The minimum Gasteiger partial charge on any atom is -0.380 e. The Morgan fingerprint density at radius 2 is 1.75 bits per heavy atom. The third kappa shape index (κ3) is 2.56. The van der Waals surface area contributed by atoms with Gasteiger partial charge in [0.2, 0.25) is 0 Å². The van der Waals surface area contributed by atoms with E-state index in [2.05, 4.69) is 53.5 Å². The molecule has 0 aliphatic heterocycles. The average Bonchev–Trinajstić information content (AvgIpc) is 2.47. The minimum atomic E-state index is 0.638. The summed E-state index contributed by atoms with van der Waals surface area (Å²) in [7, 11) is 1.72. The summed E-state index contributed by atoms with van der Waals surface area (Å²) in [6, 6.07) is 19.0. The monoisotopic (exact) mass is 263 g/mol. The van der Waals surface area contributed by atoms with Gasteiger partial charge in [-0.15, -0.1) is 0 Å². The van der Waals surface area contributed by atoms with E-state index in [-0.39, 0.29) is 0 Å². The van der Waals surface area contributed by atoms with Crippen molar-refractivity contribution >= 4 is 10.9 Å². The van der Waals surface area contributed by atoms with Gasteiger partial charge in [-0.1, -0.05) is 36.4 Å². The molecular formula is C18H17NO. The normalized spacial score (nSPS) is 10.9. The van der Waals surface area contributed by atoms with Gasteiger partial charge in [0.15, 0.2) is 0 Å². The second-order valence-corrected chi connectivity index (χ2v) is 4.99. The maximum Gasteiger partial charge on any atom is 0.0713 e. The summed E-state index contributed by atoms with van der Waals surface area (Å²) in [5, 5.41) is 1.17. The van der Waals surface area contributed by atoms with Crippen molar-refractivity contribution in [3.63, 3.8) is 0 Å². The predicted octanol–water partition coefficient (Wildman–Crippen LogP) is 4.36. The Kier molecular flexibility index (Phi) is 3.48. The highest BCUT2D eigenvalue weighted by molar-refractivity contribution is 5.84. The largest absolute Gasteiger partial charge is 0.380 e. The number of benzene rings is 2. The molecule has 100 valence electrons. The molecule has 0 aliphatic rings. The van der Waals surface area contributed by atoms with Gasteiger partial charge in [0.05, 0.1) is 12.1 Å². The van der Waals surface area contributed by atoms with Crippen LogP contribution in [0.5, 0.6) is 0 Å². The summed E-state index contributed by atoms with van der Waals surface area (Å²) in [4.78, 5) is 4.60. The lowest BCUT2D eigenvalue weighted by molar-refractivity contribution is 0.185. The van der Waals surface area contributed by atoms with E-state index in [1.165, 1.54) is 22.1 Å². The van der Waals surface area contributed by atoms with Crippen molar-refractivity contribution in [2.75, 3.05) is 7.11 Å². The van der Waals surface area contributed by atoms with Crippen molar-refractivity contribution in [3.05, 3.63) is 65.9 Å². The standard InChI is InChI=1S/C18H17NO/c1-13-6-7-15-8-9-17(11-18(15)19-13)16-5-3-4-14(10-16)12-20-2/h3-11H,12H2,1-2H3. The zero-order valence-electron chi connectivity index (χ0n) is 11.8. The van der Waals surface area contributed by atoms with Gasteiger partial charge in [0.25, 0.3) is 0 Å². The number of pyridine rings is 1. The van der Waals surface area contributed by atoms with E-state index in [1.54, 1.807) is 7.11 Å². The van der Waals surface area contributed by atoms with Crippen LogP contribution in [0.15, 0.2) is 54.6 Å². The van der Waals surface area contributed by atoms with Crippen molar-refractivity contribution in [2.45, 2.75) is 13.5 Å². The van der Waals surface area contributed by atoms with Crippen molar-refractivity contribution in [2.24, 2.45) is 0 Å². The summed E-state index contributed by atoms with van der Waals surface area (Å²) in [5.74, 6) is 0. The molecule has 0 N–H and O–H groups in total. The van der Waals surface area contributed by atoms with E-state index >= 15 is 0 Å². The van der Waals surface area contributed by atoms with E-state index in [4.69, 9.17) is 4.74 Å². The molecule has 2 nitrogen and oxygen atoms in total. The first kappa shape index (κ1) is 12.8. The maximum absolute atomic E-state index is 5.19. The highest BCUT2D eigenvalue weighted by Crippen LogP contribution is 2.24. The minimum absolute atomic E-state index is 0.638. The van der Waals surface area contributed by atoms with E-state index in [9.17, 15) is 0 Å². The first-order chi connectivity index (χ1) is 9.76. The van der Waals surface area contributed by atoms with Crippen LogP contribution in [-0.2, 0) is 11.3 Å². The van der Waals surface area contributed by atoms with E-state index < -0.39 is 0 Å². The van der Waals surface area contributed by atoms with Crippen molar-refractivity contribution in [3.8, 4) is 11.1 Å². The van der Waals surface area contributed by atoms with Crippen LogP contribution < -0.4 is 0 Å². The molecule has 2 heteroatoms. The van der Waals surface area contributed by atoms with Crippen LogP contribution in [0.25, 0.3) is 22.0 Å². The molecule has 0 amide bonds. The maximum atomic E-state index is 5.19. The highest BCUT2D eigenvalue weighted by atomic mass is 16.5. The number of methoxy groups -OCH3 is 1. The quantitative estimate of drug-likeness (QED) is 0.700. The van der Waals surface area contributed by atoms with E-state index in [0.717, 1.165) is 11.2 Å². The first-order valence-electron chi connectivity index (χ1n) is 6.72. The Labute approximate surface area is 119 Å². The van der Waals surface area contributed by atoms with Crippen LogP contribution in [0.1, 0.15) is 11.3 Å². The second-order valence-electron chi connectivity index (χ2n) is 4.99. The van der Waals surface area contributed by atoms with Crippen LogP contribution in [0.2, 0.25) is 0 Å². The van der Waals surface area contributed by atoms with Gasteiger partial charge in [-0.3, -0.25) is 4.98 Å². The van der Waals surface area contributed by atoms with Crippen LogP contribution in [0.3, 0.4) is 0 Å². The molecule has 0 atom stereocenters. The predicted molar refractivity (Wildman–Crippen MR) is 82.6 cm³/mol. The van der Waals surface area contributed by atoms with Crippen molar-refractivity contribution in [1.82, 2.24) is 4.98 Å². The number of hydrogen-bond acceptors (Lipinski definition) is 2. The van der Waals surface area contributed by atoms with Crippen LogP contribution in [-0.4, -0.2) is 12.1 Å². The van der Waals surface area contributed by atoms with Gasteiger partial charge >= 0.3 is 0 Å². The van der Waals surface area contributed by atoms with Crippen LogP contribution >= 0.6 is 0 Å². The number of rotatable bonds is 3. The van der Waals surface area contributed by atoms with Crippen molar-refractivity contribution < 1.29 is 4.74 Å². The zero-order chi connectivity index (χ0) is 13.9. The molecule has 0 fully saturated rings. The lowest BCUT2D eigenvalue weighted by atomic mass is 10.0. The van der Waals surface area contributed by atoms with Gasteiger partial charge in [-0.2, -0.15) is 0 Å². The first-order valence-corrected chi connectivity index (χ1v) is 6.72.